The lowest BCUT2D eigenvalue weighted by Gasteiger charge is -2.23. The van der Waals surface area contributed by atoms with Crippen molar-refractivity contribution in [2.75, 3.05) is 5.32 Å². The molecule has 6 rings (SSSR count). The molecule has 160 valence electrons. The molecule has 1 amide bonds. The first-order valence-corrected chi connectivity index (χ1v) is 11.0. The third-order valence-electron chi connectivity index (χ3n) is 6.32. The minimum Gasteiger partial charge on any atom is -0.360 e. The Labute approximate surface area is 178 Å². The quantitative estimate of drug-likeness (QED) is 0.489. The Morgan fingerprint density at radius 2 is 2.03 bits per heavy atom. The van der Waals surface area contributed by atoms with Crippen LogP contribution in [-0.2, 0) is 6.54 Å². The fraction of sp³-hybridized carbons (Fsp3) is 0.455. The summed E-state index contributed by atoms with van der Waals surface area (Å²) >= 11 is 0. The lowest BCUT2D eigenvalue weighted by Crippen LogP contribution is -2.36. The minimum absolute atomic E-state index is 0.132. The summed E-state index contributed by atoms with van der Waals surface area (Å²) in [5.41, 5.74) is 4.03. The molecule has 0 radical (unpaired) electrons. The van der Waals surface area contributed by atoms with E-state index < -0.39 is 0 Å². The van der Waals surface area contributed by atoms with Crippen molar-refractivity contribution in [1.29, 1.82) is 0 Å². The molecule has 0 aromatic carbocycles. The first-order chi connectivity index (χ1) is 15.1. The summed E-state index contributed by atoms with van der Waals surface area (Å²) in [7, 11) is 0. The second-order valence-electron chi connectivity index (χ2n) is 8.63. The molecule has 0 unspecified atom stereocenters. The van der Waals surface area contributed by atoms with Gasteiger partial charge in [0.1, 0.15) is 28.1 Å². The monoisotopic (exact) mass is 419 g/mol. The van der Waals surface area contributed by atoms with E-state index in [0.717, 1.165) is 59.0 Å². The maximum absolute atomic E-state index is 13.7. The number of aromatic amines is 1. The Balaban J connectivity index is 1.54. The smallest absolute Gasteiger partial charge is 0.271 e. The van der Waals surface area contributed by atoms with E-state index in [-0.39, 0.29) is 5.91 Å². The lowest BCUT2D eigenvalue weighted by atomic mass is 10.1. The summed E-state index contributed by atoms with van der Waals surface area (Å²) in [6.45, 7) is 6.57. The average Bonchev–Trinajstić information content (AvgIpc) is 3.65. The molecule has 2 fully saturated rings. The summed E-state index contributed by atoms with van der Waals surface area (Å²) in [6, 6.07) is 2.61. The van der Waals surface area contributed by atoms with Crippen LogP contribution in [0.25, 0.3) is 22.1 Å². The van der Waals surface area contributed by atoms with E-state index in [0.29, 0.717) is 36.0 Å². The van der Waals surface area contributed by atoms with Crippen molar-refractivity contribution < 1.29 is 9.32 Å². The van der Waals surface area contributed by atoms with E-state index in [4.69, 9.17) is 9.51 Å². The van der Waals surface area contributed by atoms with Crippen LogP contribution in [-0.4, -0.2) is 47.6 Å². The number of carbonyl (C=O) groups is 1. The normalized spacial score (nSPS) is 16.4. The number of anilines is 2. The van der Waals surface area contributed by atoms with Gasteiger partial charge in [0.25, 0.3) is 5.91 Å². The van der Waals surface area contributed by atoms with Gasteiger partial charge in [0.05, 0.1) is 11.7 Å². The van der Waals surface area contributed by atoms with Crippen LogP contribution in [0.4, 0.5) is 11.6 Å². The Morgan fingerprint density at radius 1 is 1.29 bits per heavy atom. The standard InChI is InChI=1S/C22H25N7O2/c1-4-28-19(22(30)29(13-5-6-13)14-7-8-14)12(3)16-17-18(24-10-23-17)20(26-21(16)28)25-15-9-11(2)31-27-15/h9-10,13-14H,4-8H2,1-3H3,(H,23,24)(H,25,26,27). The number of nitrogens with zero attached hydrogens (tertiary/aromatic N) is 5. The van der Waals surface area contributed by atoms with Crippen molar-refractivity contribution in [3.8, 4) is 0 Å². The molecule has 9 heteroatoms. The highest BCUT2D eigenvalue weighted by Gasteiger charge is 2.43. The number of imidazole rings is 1. The van der Waals surface area contributed by atoms with Gasteiger partial charge in [-0.05, 0) is 52.0 Å². The third kappa shape index (κ3) is 2.83. The second-order valence-corrected chi connectivity index (χ2v) is 8.63. The van der Waals surface area contributed by atoms with Gasteiger partial charge in [0.2, 0.25) is 0 Å². The summed E-state index contributed by atoms with van der Waals surface area (Å²) in [4.78, 5) is 28.6. The zero-order chi connectivity index (χ0) is 21.3. The molecule has 4 aromatic heterocycles. The van der Waals surface area contributed by atoms with E-state index in [1.165, 1.54) is 0 Å². The highest BCUT2D eigenvalue weighted by atomic mass is 16.5. The number of hydrogen-bond donors (Lipinski definition) is 2. The summed E-state index contributed by atoms with van der Waals surface area (Å²) < 4.78 is 7.22. The third-order valence-corrected chi connectivity index (χ3v) is 6.32. The van der Waals surface area contributed by atoms with Gasteiger partial charge in [-0.25, -0.2) is 9.97 Å². The van der Waals surface area contributed by atoms with Gasteiger partial charge in [0, 0.05) is 24.7 Å². The van der Waals surface area contributed by atoms with E-state index in [1.54, 1.807) is 6.33 Å². The molecule has 0 atom stereocenters. The molecule has 0 saturated heterocycles. The molecule has 0 aliphatic heterocycles. The van der Waals surface area contributed by atoms with E-state index in [1.807, 2.05) is 24.5 Å². The number of hydrogen-bond acceptors (Lipinski definition) is 6. The van der Waals surface area contributed by atoms with Crippen LogP contribution in [0.5, 0.6) is 0 Å². The van der Waals surface area contributed by atoms with Crippen molar-refractivity contribution in [1.82, 2.24) is 29.6 Å². The molecule has 2 N–H and O–H groups in total. The topological polar surface area (TPSA) is 105 Å². The van der Waals surface area contributed by atoms with Crippen LogP contribution in [0.3, 0.4) is 0 Å². The Hall–Kier alpha value is -3.36. The summed E-state index contributed by atoms with van der Waals surface area (Å²) in [5, 5.41) is 8.19. The molecule has 9 nitrogen and oxygen atoms in total. The van der Waals surface area contributed by atoms with Gasteiger partial charge < -0.3 is 24.3 Å². The number of amides is 1. The van der Waals surface area contributed by atoms with E-state index in [2.05, 4.69) is 32.3 Å². The van der Waals surface area contributed by atoms with Crippen LogP contribution in [0, 0.1) is 13.8 Å². The number of aryl methyl sites for hydroxylation is 3. The predicted octanol–water partition coefficient (Wildman–Crippen LogP) is 4.05. The summed E-state index contributed by atoms with van der Waals surface area (Å²) in [6.07, 6.45) is 6.11. The van der Waals surface area contributed by atoms with Crippen LogP contribution in [0.15, 0.2) is 16.9 Å². The van der Waals surface area contributed by atoms with Crippen molar-refractivity contribution in [3.63, 3.8) is 0 Å². The fourth-order valence-electron chi connectivity index (χ4n) is 4.63. The molecule has 4 aromatic rings. The van der Waals surface area contributed by atoms with Gasteiger partial charge in [-0.15, -0.1) is 0 Å². The Kier molecular flexibility index (Phi) is 3.90. The van der Waals surface area contributed by atoms with Crippen LogP contribution in [0.2, 0.25) is 0 Å². The number of carbonyl (C=O) groups excluding carboxylic acids is 1. The fourth-order valence-corrected chi connectivity index (χ4v) is 4.63. The van der Waals surface area contributed by atoms with Gasteiger partial charge in [-0.1, -0.05) is 5.16 Å². The number of pyridine rings is 1. The van der Waals surface area contributed by atoms with Crippen molar-refractivity contribution >= 4 is 39.6 Å². The van der Waals surface area contributed by atoms with Crippen LogP contribution in [0.1, 0.15) is 54.4 Å². The minimum atomic E-state index is 0.132. The van der Waals surface area contributed by atoms with Gasteiger partial charge in [0.15, 0.2) is 11.6 Å². The molecular weight excluding hydrogens is 394 g/mol. The highest BCUT2D eigenvalue weighted by molar-refractivity contribution is 6.12. The molecule has 2 aliphatic carbocycles. The number of aromatic nitrogens is 5. The van der Waals surface area contributed by atoms with E-state index in [9.17, 15) is 4.79 Å². The molecule has 31 heavy (non-hydrogen) atoms. The highest BCUT2D eigenvalue weighted by Crippen LogP contribution is 2.40. The maximum Gasteiger partial charge on any atom is 0.271 e. The SMILES string of the molecule is CCn1c(C(=O)N(C2CC2)C2CC2)c(C)c2c3nc[nH]c3c(Nc3cc(C)on3)nc21. The van der Waals surface area contributed by atoms with Crippen molar-refractivity contribution in [3.05, 3.63) is 29.4 Å². The molecule has 2 aliphatic rings. The molecular formula is C22H25N7O2. The van der Waals surface area contributed by atoms with Gasteiger partial charge in [-0.3, -0.25) is 4.79 Å². The average molecular weight is 419 g/mol. The van der Waals surface area contributed by atoms with Gasteiger partial charge >= 0.3 is 0 Å². The zero-order valence-electron chi connectivity index (χ0n) is 17.9. The van der Waals surface area contributed by atoms with Crippen LogP contribution >= 0.6 is 0 Å². The Morgan fingerprint density at radius 3 is 2.65 bits per heavy atom. The predicted molar refractivity (Wildman–Crippen MR) is 117 cm³/mol. The second kappa shape index (κ2) is 6.57. The lowest BCUT2D eigenvalue weighted by molar-refractivity contribution is 0.0718. The number of nitrogens with one attached hydrogen (secondary N) is 2. The summed E-state index contributed by atoms with van der Waals surface area (Å²) in [5.74, 6) is 2.04. The first-order valence-electron chi connectivity index (χ1n) is 11.0. The van der Waals surface area contributed by atoms with Crippen molar-refractivity contribution in [2.45, 2.75) is 65.1 Å². The van der Waals surface area contributed by atoms with Crippen molar-refractivity contribution in [2.24, 2.45) is 0 Å². The van der Waals surface area contributed by atoms with E-state index >= 15 is 0 Å². The first kappa shape index (κ1) is 18.4. The molecule has 4 heterocycles. The van der Waals surface area contributed by atoms with Crippen LogP contribution < -0.4 is 5.32 Å². The zero-order valence-corrected chi connectivity index (χ0v) is 17.9. The molecule has 2 saturated carbocycles. The number of fused-ring (bicyclic) bond motifs is 3. The largest absolute Gasteiger partial charge is 0.360 e. The number of rotatable bonds is 6. The number of H-pyrrole nitrogens is 1. The molecule has 0 spiro atoms. The Bertz CT molecular complexity index is 1310. The molecule has 0 bridgehead atoms. The van der Waals surface area contributed by atoms with Gasteiger partial charge in [-0.2, -0.15) is 0 Å². The maximum atomic E-state index is 13.7.